The van der Waals surface area contributed by atoms with E-state index in [9.17, 15) is 4.79 Å². The number of carbonyl (C=O) groups is 1. The smallest absolute Gasteiger partial charge is 0.355 e. The van der Waals surface area contributed by atoms with Crippen LogP contribution in [-0.4, -0.2) is 29.1 Å². The van der Waals surface area contributed by atoms with Crippen molar-refractivity contribution < 1.29 is 9.90 Å². The van der Waals surface area contributed by atoms with E-state index in [4.69, 9.17) is 5.11 Å². The second kappa shape index (κ2) is 4.28. The van der Waals surface area contributed by atoms with Gasteiger partial charge in [0.25, 0.3) is 0 Å². The summed E-state index contributed by atoms with van der Waals surface area (Å²) in [5.41, 5.74) is 0.230. The Bertz CT molecular complexity index is 369. The molecule has 1 aromatic heterocycles. The molecule has 15 heavy (non-hydrogen) atoms. The summed E-state index contributed by atoms with van der Waals surface area (Å²) in [7, 11) is 0. The standard InChI is InChI=1S/C10H14N2O2S/c1-6-8(10(13)14)12-9(15-6)7-2-4-11-5-3-7/h7,11H,2-5H2,1H3,(H,13,14). The summed E-state index contributed by atoms with van der Waals surface area (Å²) in [4.78, 5) is 15.9. The summed E-state index contributed by atoms with van der Waals surface area (Å²) in [5.74, 6) is -0.466. The molecule has 1 aromatic rings. The number of aromatic carboxylic acids is 1. The molecule has 4 nitrogen and oxygen atoms in total. The van der Waals surface area contributed by atoms with Crippen molar-refractivity contribution in [2.75, 3.05) is 13.1 Å². The van der Waals surface area contributed by atoms with Crippen LogP contribution < -0.4 is 5.32 Å². The third-order valence-electron chi connectivity index (χ3n) is 2.70. The van der Waals surface area contributed by atoms with E-state index in [-0.39, 0.29) is 5.69 Å². The first-order chi connectivity index (χ1) is 7.18. The zero-order valence-corrected chi connectivity index (χ0v) is 9.43. The maximum absolute atomic E-state index is 10.8. The lowest BCUT2D eigenvalue weighted by molar-refractivity contribution is 0.0690. The van der Waals surface area contributed by atoms with Crippen LogP contribution in [0.1, 0.15) is 39.1 Å². The SMILES string of the molecule is Cc1sc(C2CCNCC2)nc1C(=O)O. The van der Waals surface area contributed by atoms with Gasteiger partial charge in [-0.3, -0.25) is 0 Å². The molecule has 82 valence electrons. The van der Waals surface area contributed by atoms with Crippen LogP contribution in [0.25, 0.3) is 0 Å². The summed E-state index contributed by atoms with van der Waals surface area (Å²) < 4.78 is 0. The number of carboxylic acids is 1. The van der Waals surface area contributed by atoms with E-state index in [2.05, 4.69) is 10.3 Å². The Morgan fingerprint density at radius 1 is 1.53 bits per heavy atom. The number of nitrogens with zero attached hydrogens (tertiary/aromatic N) is 1. The number of piperidine rings is 1. The zero-order chi connectivity index (χ0) is 10.8. The molecule has 1 aliphatic rings. The van der Waals surface area contributed by atoms with Crippen molar-refractivity contribution >= 4 is 17.3 Å². The van der Waals surface area contributed by atoms with Crippen molar-refractivity contribution in [3.05, 3.63) is 15.6 Å². The predicted octanol–water partition coefficient (Wildman–Crippen LogP) is 1.62. The van der Waals surface area contributed by atoms with Crippen LogP contribution in [0.15, 0.2) is 0 Å². The van der Waals surface area contributed by atoms with Gasteiger partial charge >= 0.3 is 5.97 Å². The number of nitrogens with one attached hydrogen (secondary N) is 1. The maximum atomic E-state index is 10.8. The number of thiazole rings is 1. The quantitative estimate of drug-likeness (QED) is 0.804. The van der Waals surface area contributed by atoms with Gasteiger partial charge < -0.3 is 10.4 Å². The molecule has 0 spiro atoms. The van der Waals surface area contributed by atoms with Gasteiger partial charge in [-0.05, 0) is 32.9 Å². The number of aromatic nitrogens is 1. The summed E-state index contributed by atoms with van der Waals surface area (Å²) in [5, 5.41) is 13.2. The van der Waals surface area contributed by atoms with Crippen LogP contribution >= 0.6 is 11.3 Å². The molecule has 0 bridgehead atoms. The highest BCUT2D eigenvalue weighted by molar-refractivity contribution is 7.12. The minimum Gasteiger partial charge on any atom is -0.476 e. The molecule has 2 heterocycles. The molecule has 0 unspecified atom stereocenters. The van der Waals surface area contributed by atoms with Crippen LogP contribution in [0.2, 0.25) is 0 Å². The highest BCUT2D eigenvalue weighted by Gasteiger charge is 2.22. The lowest BCUT2D eigenvalue weighted by Crippen LogP contribution is -2.26. The molecular formula is C10H14N2O2S. The van der Waals surface area contributed by atoms with Gasteiger partial charge in [-0.2, -0.15) is 0 Å². The van der Waals surface area contributed by atoms with E-state index in [0.29, 0.717) is 5.92 Å². The van der Waals surface area contributed by atoms with Gasteiger partial charge in [0.05, 0.1) is 5.01 Å². The third-order valence-corrected chi connectivity index (χ3v) is 3.84. The van der Waals surface area contributed by atoms with E-state index in [1.54, 1.807) is 0 Å². The zero-order valence-electron chi connectivity index (χ0n) is 8.62. The molecule has 0 radical (unpaired) electrons. The topological polar surface area (TPSA) is 62.2 Å². The third kappa shape index (κ3) is 2.18. The van der Waals surface area contributed by atoms with Gasteiger partial charge in [0.1, 0.15) is 0 Å². The van der Waals surface area contributed by atoms with Crippen molar-refractivity contribution in [2.24, 2.45) is 0 Å². The van der Waals surface area contributed by atoms with Gasteiger partial charge in [0.2, 0.25) is 0 Å². The fourth-order valence-corrected chi connectivity index (χ4v) is 2.94. The monoisotopic (exact) mass is 226 g/mol. The Morgan fingerprint density at radius 3 is 2.73 bits per heavy atom. The van der Waals surface area contributed by atoms with Crippen molar-refractivity contribution in [1.82, 2.24) is 10.3 Å². The lowest BCUT2D eigenvalue weighted by Gasteiger charge is -2.20. The molecule has 1 saturated heterocycles. The minimum absolute atomic E-state index is 0.230. The van der Waals surface area contributed by atoms with Crippen molar-refractivity contribution in [2.45, 2.75) is 25.7 Å². The lowest BCUT2D eigenvalue weighted by atomic mass is 9.99. The van der Waals surface area contributed by atoms with Gasteiger partial charge in [-0.25, -0.2) is 9.78 Å². The van der Waals surface area contributed by atoms with E-state index in [1.807, 2.05) is 6.92 Å². The van der Waals surface area contributed by atoms with Crippen LogP contribution in [0.3, 0.4) is 0 Å². The predicted molar refractivity (Wildman–Crippen MR) is 58.7 cm³/mol. The van der Waals surface area contributed by atoms with E-state index in [1.165, 1.54) is 11.3 Å². The van der Waals surface area contributed by atoms with Gasteiger partial charge in [-0.1, -0.05) is 0 Å². The number of aryl methyl sites for hydroxylation is 1. The number of hydrogen-bond acceptors (Lipinski definition) is 4. The van der Waals surface area contributed by atoms with Crippen LogP contribution in [-0.2, 0) is 0 Å². The molecule has 0 saturated carbocycles. The van der Waals surface area contributed by atoms with Gasteiger partial charge in [-0.15, -0.1) is 11.3 Å². The van der Waals surface area contributed by atoms with Gasteiger partial charge in [0.15, 0.2) is 5.69 Å². The molecule has 2 rings (SSSR count). The van der Waals surface area contributed by atoms with Crippen molar-refractivity contribution in [1.29, 1.82) is 0 Å². The second-order valence-corrected chi connectivity index (χ2v) is 5.02. The molecule has 0 atom stereocenters. The van der Waals surface area contributed by atoms with Gasteiger partial charge in [0, 0.05) is 10.8 Å². The van der Waals surface area contributed by atoms with Crippen LogP contribution in [0, 0.1) is 6.92 Å². The highest BCUT2D eigenvalue weighted by atomic mass is 32.1. The van der Waals surface area contributed by atoms with Crippen LogP contribution in [0.4, 0.5) is 0 Å². The fourth-order valence-electron chi connectivity index (χ4n) is 1.86. The van der Waals surface area contributed by atoms with Crippen LogP contribution in [0.5, 0.6) is 0 Å². The van der Waals surface area contributed by atoms with E-state index in [0.717, 1.165) is 35.8 Å². The highest BCUT2D eigenvalue weighted by Crippen LogP contribution is 2.30. The molecule has 5 heteroatoms. The first-order valence-corrected chi connectivity index (χ1v) is 5.91. The minimum atomic E-state index is -0.913. The summed E-state index contributed by atoms with van der Waals surface area (Å²) in [6.45, 7) is 3.84. The largest absolute Gasteiger partial charge is 0.476 e. The Kier molecular flexibility index (Phi) is 3.02. The average Bonchev–Trinajstić information content (AvgIpc) is 2.62. The number of hydrogen-bond donors (Lipinski definition) is 2. The number of rotatable bonds is 2. The van der Waals surface area contributed by atoms with E-state index >= 15 is 0 Å². The summed E-state index contributed by atoms with van der Waals surface area (Å²) in [6.07, 6.45) is 2.12. The summed E-state index contributed by atoms with van der Waals surface area (Å²) in [6, 6.07) is 0. The number of carboxylic acid groups (broad SMARTS) is 1. The average molecular weight is 226 g/mol. The Hall–Kier alpha value is -0.940. The first-order valence-electron chi connectivity index (χ1n) is 5.10. The summed E-state index contributed by atoms with van der Waals surface area (Å²) >= 11 is 1.53. The Morgan fingerprint density at radius 2 is 2.20 bits per heavy atom. The molecule has 0 aliphatic carbocycles. The molecular weight excluding hydrogens is 212 g/mol. The first kappa shape index (κ1) is 10.6. The molecule has 1 aliphatic heterocycles. The molecule has 0 amide bonds. The Balaban J connectivity index is 2.21. The molecule has 1 fully saturated rings. The fraction of sp³-hybridized carbons (Fsp3) is 0.600. The molecule has 0 aromatic carbocycles. The maximum Gasteiger partial charge on any atom is 0.355 e. The molecule has 2 N–H and O–H groups in total. The normalized spacial score (nSPS) is 17.9. The second-order valence-electron chi connectivity index (χ2n) is 3.79. The Labute approximate surface area is 92.3 Å². The van der Waals surface area contributed by atoms with Crippen molar-refractivity contribution in [3.63, 3.8) is 0 Å². The van der Waals surface area contributed by atoms with E-state index < -0.39 is 5.97 Å². The van der Waals surface area contributed by atoms with Crippen molar-refractivity contribution in [3.8, 4) is 0 Å².